The highest BCUT2D eigenvalue weighted by atomic mass is 16.4. The zero-order valence-electron chi connectivity index (χ0n) is 12.1. The van der Waals surface area contributed by atoms with E-state index in [2.05, 4.69) is 6.58 Å². The molecule has 2 aromatic carbocycles. The summed E-state index contributed by atoms with van der Waals surface area (Å²) in [5.41, 5.74) is 1.92. The van der Waals surface area contributed by atoms with E-state index in [4.69, 9.17) is 5.11 Å². The van der Waals surface area contributed by atoms with E-state index in [1.807, 2.05) is 18.2 Å². The number of anilines is 1. The van der Waals surface area contributed by atoms with Gasteiger partial charge >= 0.3 is 5.97 Å². The highest BCUT2D eigenvalue weighted by molar-refractivity contribution is 6.08. The minimum atomic E-state index is -1.06. The Kier molecular flexibility index (Phi) is 5.09. The Morgan fingerprint density at radius 2 is 1.68 bits per heavy atom. The first kappa shape index (κ1) is 15.5. The van der Waals surface area contributed by atoms with E-state index >= 15 is 0 Å². The molecule has 4 heteroatoms. The molecule has 1 N–H and O–H groups in total. The van der Waals surface area contributed by atoms with Gasteiger partial charge in [-0.15, -0.1) is 6.58 Å². The second-order valence-electron chi connectivity index (χ2n) is 4.77. The first-order valence-corrected chi connectivity index (χ1v) is 6.91. The molecule has 0 saturated heterocycles. The molecule has 0 bridgehead atoms. The van der Waals surface area contributed by atoms with Crippen LogP contribution in [0.1, 0.15) is 15.9 Å². The predicted molar refractivity (Wildman–Crippen MR) is 86.1 cm³/mol. The van der Waals surface area contributed by atoms with E-state index in [1.54, 1.807) is 42.5 Å². The van der Waals surface area contributed by atoms with E-state index in [0.717, 1.165) is 5.56 Å². The summed E-state index contributed by atoms with van der Waals surface area (Å²) in [6.07, 6.45) is 2.29. The van der Waals surface area contributed by atoms with Crippen LogP contribution in [0, 0.1) is 0 Å². The van der Waals surface area contributed by atoms with Crippen LogP contribution in [0.4, 0.5) is 5.69 Å². The Bertz CT molecular complexity index is 680. The van der Waals surface area contributed by atoms with Crippen LogP contribution in [0.2, 0.25) is 0 Å². The normalized spacial score (nSPS) is 10.0. The summed E-state index contributed by atoms with van der Waals surface area (Å²) in [5, 5.41) is 9.15. The third-order valence-electron chi connectivity index (χ3n) is 3.21. The van der Waals surface area contributed by atoms with Gasteiger partial charge in [0.25, 0.3) is 5.91 Å². The molecule has 1 amide bonds. The van der Waals surface area contributed by atoms with Crippen molar-refractivity contribution in [2.24, 2.45) is 0 Å². The smallest absolute Gasteiger partial charge is 0.323 e. The summed E-state index contributed by atoms with van der Waals surface area (Å²) in [4.78, 5) is 25.1. The molecular formula is C18H17NO3. The van der Waals surface area contributed by atoms with E-state index in [9.17, 15) is 9.59 Å². The van der Waals surface area contributed by atoms with Gasteiger partial charge in [-0.2, -0.15) is 0 Å². The first-order chi connectivity index (χ1) is 10.6. The van der Waals surface area contributed by atoms with E-state index in [0.29, 0.717) is 17.7 Å². The minimum Gasteiger partial charge on any atom is -0.480 e. The highest BCUT2D eigenvalue weighted by Crippen LogP contribution is 2.23. The van der Waals surface area contributed by atoms with E-state index in [-0.39, 0.29) is 12.5 Å². The van der Waals surface area contributed by atoms with Crippen molar-refractivity contribution in [3.8, 4) is 0 Å². The third kappa shape index (κ3) is 3.61. The van der Waals surface area contributed by atoms with Crippen molar-refractivity contribution < 1.29 is 14.7 Å². The largest absolute Gasteiger partial charge is 0.480 e. The molecule has 112 valence electrons. The number of carboxylic acid groups (broad SMARTS) is 1. The molecule has 0 aliphatic carbocycles. The van der Waals surface area contributed by atoms with Crippen molar-refractivity contribution in [2.45, 2.75) is 6.42 Å². The van der Waals surface area contributed by atoms with Crippen molar-refractivity contribution in [2.75, 3.05) is 11.4 Å². The Morgan fingerprint density at radius 3 is 2.32 bits per heavy atom. The molecule has 0 radical (unpaired) electrons. The Hall–Kier alpha value is -2.88. The van der Waals surface area contributed by atoms with Crippen molar-refractivity contribution >= 4 is 17.6 Å². The average molecular weight is 295 g/mol. The van der Waals surface area contributed by atoms with Crippen LogP contribution < -0.4 is 4.90 Å². The lowest BCUT2D eigenvalue weighted by Gasteiger charge is -2.23. The topological polar surface area (TPSA) is 57.6 Å². The Balaban J connectivity index is 2.45. The fourth-order valence-corrected chi connectivity index (χ4v) is 2.24. The number of rotatable bonds is 6. The maximum atomic E-state index is 12.7. The quantitative estimate of drug-likeness (QED) is 0.833. The molecule has 0 spiro atoms. The number of para-hydroxylation sites is 1. The molecule has 0 saturated carbocycles. The summed E-state index contributed by atoms with van der Waals surface area (Å²) in [6.45, 7) is 3.31. The monoisotopic (exact) mass is 295 g/mol. The molecule has 0 unspecified atom stereocenters. The molecule has 0 atom stereocenters. The number of hydrogen-bond donors (Lipinski definition) is 1. The third-order valence-corrected chi connectivity index (χ3v) is 3.21. The van der Waals surface area contributed by atoms with Crippen molar-refractivity contribution in [1.29, 1.82) is 0 Å². The van der Waals surface area contributed by atoms with Gasteiger partial charge in [-0.1, -0.05) is 42.5 Å². The molecule has 4 nitrogen and oxygen atoms in total. The van der Waals surface area contributed by atoms with Crippen LogP contribution in [0.25, 0.3) is 0 Å². The second-order valence-corrected chi connectivity index (χ2v) is 4.77. The summed E-state index contributed by atoms with van der Waals surface area (Å²) in [7, 11) is 0. The Morgan fingerprint density at radius 1 is 1.05 bits per heavy atom. The molecular weight excluding hydrogens is 278 g/mol. The minimum absolute atomic E-state index is 0.334. The zero-order valence-corrected chi connectivity index (χ0v) is 12.1. The number of carboxylic acids is 1. The maximum Gasteiger partial charge on any atom is 0.323 e. The molecule has 0 fully saturated rings. The summed E-state index contributed by atoms with van der Waals surface area (Å²) < 4.78 is 0. The fourth-order valence-electron chi connectivity index (χ4n) is 2.24. The highest BCUT2D eigenvalue weighted by Gasteiger charge is 2.22. The van der Waals surface area contributed by atoms with Gasteiger partial charge in [0.2, 0.25) is 0 Å². The molecule has 0 aliphatic heterocycles. The fraction of sp³-hybridized carbons (Fsp3) is 0.111. The summed E-state index contributed by atoms with van der Waals surface area (Å²) >= 11 is 0. The van der Waals surface area contributed by atoms with Crippen molar-refractivity contribution in [1.82, 2.24) is 0 Å². The van der Waals surface area contributed by atoms with Gasteiger partial charge in [-0.05, 0) is 30.2 Å². The van der Waals surface area contributed by atoms with Crippen molar-refractivity contribution in [3.63, 3.8) is 0 Å². The van der Waals surface area contributed by atoms with Gasteiger partial charge in [-0.3, -0.25) is 14.5 Å². The Labute approximate surface area is 129 Å². The van der Waals surface area contributed by atoms with E-state index in [1.165, 1.54) is 4.90 Å². The lowest BCUT2D eigenvalue weighted by atomic mass is 10.1. The number of allylic oxidation sites excluding steroid dienone is 1. The standard InChI is InChI=1S/C18H17NO3/c1-2-8-14-9-6-7-12-16(14)19(13-17(20)21)18(22)15-10-4-3-5-11-15/h2-7,9-12H,1,8,13H2,(H,20,21). The molecule has 0 aliphatic rings. The van der Waals surface area contributed by atoms with Crippen LogP contribution in [-0.2, 0) is 11.2 Å². The number of aliphatic carboxylic acids is 1. The number of hydrogen-bond acceptors (Lipinski definition) is 2. The van der Waals surface area contributed by atoms with Gasteiger partial charge in [0, 0.05) is 11.3 Å². The predicted octanol–water partition coefficient (Wildman–Crippen LogP) is 3.15. The second kappa shape index (κ2) is 7.22. The van der Waals surface area contributed by atoms with Crippen LogP contribution in [0.3, 0.4) is 0 Å². The van der Waals surface area contributed by atoms with Gasteiger partial charge in [0.05, 0.1) is 0 Å². The summed E-state index contributed by atoms with van der Waals surface area (Å²) in [5.74, 6) is -1.39. The summed E-state index contributed by atoms with van der Waals surface area (Å²) in [6, 6.07) is 15.9. The number of carbonyl (C=O) groups excluding carboxylic acids is 1. The molecule has 0 heterocycles. The van der Waals surface area contributed by atoms with Gasteiger partial charge < -0.3 is 5.11 Å². The first-order valence-electron chi connectivity index (χ1n) is 6.91. The van der Waals surface area contributed by atoms with Crippen LogP contribution in [0.15, 0.2) is 67.3 Å². The van der Waals surface area contributed by atoms with Gasteiger partial charge in [0.1, 0.15) is 6.54 Å². The SMILES string of the molecule is C=CCc1ccccc1N(CC(=O)O)C(=O)c1ccccc1. The lowest BCUT2D eigenvalue weighted by Crippen LogP contribution is -2.36. The zero-order chi connectivity index (χ0) is 15.9. The molecule has 0 aromatic heterocycles. The average Bonchev–Trinajstić information content (AvgIpc) is 2.54. The van der Waals surface area contributed by atoms with Gasteiger partial charge in [-0.25, -0.2) is 0 Å². The van der Waals surface area contributed by atoms with Crippen LogP contribution in [0.5, 0.6) is 0 Å². The maximum absolute atomic E-state index is 12.7. The lowest BCUT2D eigenvalue weighted by molar-refractivity contribution is -0.135. The number of nitrogens with zero attached hydrogens (tertiary/aromatic N) is 1. The van der Waals surface area contributed by atoms with Crippen molar-refractivity contribution in [3.05, 3.63) is 78.4 Å². The molecule has 2 aromatic rings. The number of carbonyl (C=O) groups is 2. The van der Waals surface area contributed by atoms with Gasteiger partial charge in [0.15, 0.2) is 0 Å². The molecule has 2 rings (SSSR count). The number of amides is 1. The molecule has 22 heavy (non-hydrogen) atoms. The number of benzene rings is 2. The van der Waals surface area contributed by atoms with Crippen LogP contribution >= 0.6 is 0 Å². The van der Waals surface area contributed by atoms with E-state index < -0.39 is 5.97 Å². The van der Waals surface area contributed by atoms with Crippen LogP contribution in [-0.4, -0.2) is 23.5 Å².